The van der Waals surface area contributed by atoms with Crippen molar-refractivity contribution >= 4 is 228 Å². The van der Waals surface area contributed by atoms with Gasteiger partial charge in [0.2, 0.25) is 0 Å². The molecule has 0 radical (unpaired) electrons. The number of halogens is 6. The van der Waals surface area contributed by atoms with Gasteiger partial charge in [0.15, 0.2) is 0 Å². The molecule has 22 heteroatoms. The predicted molar refractivity (Wildman–Crippen MR) is 476 cm³/mol. The quantitative estimate of drug-likeness (QED) is 0.0482. The van der Waals surface area contributed by atoms with Crippen LogP contribution < -0.4 is 22.4 Å². The number of esters is 2. The fourth-order valence-electron chi connectivity index (χ4n) is 13.5. The van der Waals surface area contributed by atoms with Crippen LogP contribution in [-0.4, -0.2) is 94.8 Å². The Labute approximate surface area is 729 Å². The SMILES string of the molecule is Brc1ccc2oc3ccc(I)cc3c2c1.C1CCOC1.CC(=O)O.CC(C)(O)c1ccccc1-c1ccc2oc3ccc(Br)cc3c2c1.CC1(C)c2ccccc2-c2cc3c(cc21)oc1ccc(Br)cc13.CCOC(=O)c1ccccc1-c1ccc2oc3ccc(Br)cc3c2c1.CCOC(=O)c1ccccc1B(O)O.[Br-].[CH3-].[Mg+2]. The number of furan rings is 4. The van der Waals surface area contributed by atoms with Gasteiger partial charge in [-0.1, -0.05) is 175 Å². The molecule has 0 saturated carbocycles. The smallest absolute Gasteiger partial charge is 1.00 e. The van der Waals surface area contributed by atoms with Crippen LogP contribution in [0.1, 0.15) is 98.7 Å². The third-order valence-corrected chi connectivity index (χ3v) is 21.2. The number of hydrogen-bond acceptors (Lipinski definition) is 13. The molecule has 2 aliphatic rings. The Kier molecular flexibility index (Phi) is 31.2. The summed E-state index contributed by atoms with van der Waals surface area (Å²) in [7, 11) is -1.66. The van der Waals surface area contributed by atoms with Crippen LogP contribution in [-0.2, 0) is 30.0 Å². The minimum Gasteiger partial charge on any atom is -1.00 e. The number of rotatable bonds is 8. The monoisotopic (exact) mass is 1950 g/mol. The third kappa shape index (κ3) is 20.8. The molecule has 0 bridgehead atoms. The Morgan fingerprint density at radius 3 is 1.27 bits per heavy atom. The first-order valence-electron chi connectivity index (χ1n) is 35.6. The van der Waals surface area contributed by atoms with Crippen LogP contribution in [0.4, 0.5) is 0 Å². The summed E-state index contributed by atoms with van der Waals surface area (Å²) in [4.78, 5) is 32.6. The maximum atomic E-state index is 12.3. The van der Waals surface area contributed by atoms with Crippen molar-refractivity contribution in [1.29, 1.82) is 0 Å². The van der Waals surface area contributed by atoms with Crippen molar-refractivity contribution in [2.45, 2.75) is 72.3 Å². The maximum Gasteiger partial charge on any atom is 2.00 e. The normalized spacial score (nSPS) is 12.1. The van der Waals surface area contributed by atoms with Crippen LogP contribution in [0.3, 0.4) is 0 Å². The molecule has 4 N–H and O–H groups in total. The average molecular weight is 1960 g/mol. The molecule has 0 atom stereocenters. The van der Waals surface area contributed by atoms with Gasteiger partial charge in [0.05, 0.1) is 29.9 Å². The van der Waals surface area contributed by atoms with E-state index >= 15 is 0 Å². The maximum absolute atomic E-state index is 12.3. The van der Waals surface area contributed by atoms with Crippen LogP contribution in [0.2, 0.25) is 0 Å². The molecule has 1 saturated heterocycles. The average Bonchev–Trinajstić information content (AvgIpc) is 1.56. The number of benzene rings is 12. The third-order valence-electron chi connectivity index (χ3n) is 18.6. The van der Waals surface area contributed by atoms with Crippen molar-refractivity contribution in [3.8, 4) is 33.4 Å². The molecule has 574 valence electrons. The minimum absolute atomic E-state index is 0. The molecule has 18 rings (SSSR count). The number of hydrogen-bond donors (Lipinski definition) is 4. The molecule has 0 spiro atoms. The van der Waals surface area contributed by atoms with E-state index in [4.69, 9.17) is 51.8 Å². The van der Waals surface area contributed by atoms with Gasteiger partial charge >= 0.3 is 42.1 Å². The number of carboxylic acids is 1. The van der Waals surface area contributed by atoms with Crippen LogP contribution >= 0.6 is 86.3 Å². The number of fused-ring (bicyclic) bond motifs is 15. The first-order chi connectivity index (χ1) is 52.8. The number of carbonyl (C=O) groups excluding carboxylic acids is 2. The molecule has 14 nitrogen and oxygen atoms in total. The summed E-state index contributed by atoms with van der Waals surface area (Å²) in [6.07, 6.45) is 2.56. The Hall–Kier alpha value is -7.95. The first kappa shape index (κ1) is 89.0. The Balaban J connectivity index is 0.000000159. The fraction of sp³-hybridized carbons (Fsp3) is 0.165. The molecule has 5 heterocycles. The second kappa shape index (κ2) is 39.6. The van der Waals surface area contributed by atoms with E-state index in [1.54, 1.807) is 25.1 Å². The van der Waals surface area contributed by atoms with Crippen LogP contribution in [0.25, 0.3) is 121 Å². The Morgan fingerprint density at radius 1 is 0.460 bits per heavy atom. The molecule has 1 fully saturated rings. The predicted octanol–water partition coefficient (Wildman–Crippen LogP) is 21.5. The van der Waals surface area contributed by atoms with E-state index in [2.05, 4.69) is 179 Å². The van der Waals surface area contributed by atoms with Gasteiger partial charge in [0.1, 0.15) is 44.7 Å². The van der Waals surface area contributed by atoms with Gasteiger partial charge < -0.3 is 76.5 Å². The van der Waals surface area contributed by atoms with Crippen LogP contribution in [0.15, 0.2) is 272 Å². The van der Waals surface area contributed by atoms with E-state index in [1.807, 2.05) is 148 Å². The van der Waals surface area contributed by atoms with E-state index in [0.717, 1.165) is 137 Å². The summed E-state index contributed by atoms with van der Waals surface area (Å²) in [5, 5.41) is 44.8. The minimum atomic E-state index is -1.66. The van der Waals surface area contributed by atoms with Crippen molar-refractivity contribution in [1.82, 2.24) is 0 Å². The van der Waals surface area contributed by atoms with E-state index < -0.39 is 24.7 Å². The molecule has 12 aromatic carbocycles. The van der Waals surface area contributed by atoms with Crippen molar-refractivity contribution in [3.05, 3.63) is 293 Å². The molecular weight excluding hydrogens is 1880 g/mol. The fourth-order valence-corrected chi connectivity index (χ4v) is 15.5. The molecule has 0 unspecified atom stereocenters. The molecular formula is C91H79BBr5IMgO14. The van der Waals surface area contributed by atoms with E-state index in [1.165, 1.54) is 67.0 Å². The number of carboxylic acid groups (broad SMARTS) is 1. The van der Waals surface area contributed by atoms with E-state index in [-0.39, 0.29) is 76.5 Å². The van der Waals surface area contributed by atoms with Gasteiger partial charge in [-0.05, 0) is 258 Å². The van der Waals surface area contributed by atoms with Crippen molar-refractivity contribution < 1.29 is 83.5 Å². The molecule has 4 aromatic heterocycles. The van der Waals surface area contributed by atoms with Gasteiger partial charge in [-0.25, -0.2) is 9.59 Å². The molecule has 16 aromatic rings. The van der Waals surface area contributed by atoms with Crippen LogP contribution in [0.5, 0.6) is 0 Å². The molecule has 0 amide bonds. The number of ether oxygens (including phenoxy) is 3. The summed E-state index contributed by atoms with van der Waals surface area (Å²) in [6.45, 7) is 15.4. The zero-order valence-electron chi connectivity index (χ0n) is 63.2. The zero-order valence-corrected chi connectivity index (χ0v) is 74.7. The van der Waals surface area contributed by atoms with Crippen molar-refractivity contribution in [2.75, 3.05) is 26.4 Å². The summed E-state index contributed by atoms with van der Waals surface area (Å²) < 4.78 is 44.0. The second-order valence-electron chi connectivity index (χ2n) is 27.0. The summed E-state index contributed by atoms with van der Waals surface area (Å²) >= 11 is 16.4. The Bertz CT molecular complexity index is 6010. The summed E-state index contributed by atoms with van der Waals surface area (Å²) in [6, 6.07) is 77.6. The van der Waals surface area contributed by atoms with Gasteiger partial charge in [-0.3, -0.25) is 4.79 Å². The van der Waals surface area contributed by atoms with Gasteiger partial charge in [-0.2, -0.15) is 0 Å². The van der Waals surface area contributed by atoms with Gasteiger partial charge in [0, 0.05) is 90.1 Å². The van der Waals surface area contributed by atoms with Crippen molar-refractivity contribution in [2.24, 2.45) is 0 Å². The number of carbonyl (C=O) groups is 3. The zero-order chi connectivity index (χ0) is 78.1. The van der Waals surface area contributed by atoms with E-state index in [0.29, 0.717) is 12.2 Å². The van der Waals surface area contributed by atoms with Crippen molar-refractivity contribution in [3.63, 3.8) is 0 Å². The second-order valence-corrected chi connectivity index (χ2v) is 31.9. The Morgan fingerprint density at radius 2 is 0.823 bits per heavy atom. The van der Waals surface area contributed by atoms with E-state index in [9.17, 15) is 14.7 Å². The number of aliphatic carboxylic acids is 1. The van der Waals surface area contributed by atoms with Gasteiger partial charge in [-0.15, -0.1) is 0 Å². The summed E-state index contributed by atoms with van der Waals surface area (Å²) in [5.74, 6) is -1.69. The first-order valence-corrected chi connectivity index (χ1v) is 39.8. The molecule has 1 aliphatic heterocycles. The molecule has 1 aliphatic carbocycles. The van der Waals surface area contributed by atoms with Crippen LogP contribution in [0, 0.1) is 11.0 Å². The number of aliphatic hydroxyl groups is 1. The summed E-state index contributed by atoms with van der Waals surface area (Å²) in [5.41, 5.74) is 17.5. The molecule has 113 heavy (non-hydrogen) atoms. The largest absolute Gasteiger partial charge is 2.00 e. The standard InChI is InChI=1S/C21H15BrO3.C21H17BrO2.C21H15BrO.C12H6BrIO.C9H11BO4.C4H8O.C2H4O2.CH3.BrH.Mg/c1-2-24-21(23)16-6-4-3-5-15(16)13-7-9-19-17(11-13)18-12-14(22)8-10-20(18)25-19;1-21(2,23)18-6-4-3-5-15(18)13-7-9-19-16(11-13)17-12-14(22)8-10-20(17)24-19;1-21(2)17-6-4-3-5-13(17)14-10-16-15-9-12(22)7-8-19(15)23-20(16)11-18(14)21;13-7-1-3-11-9(5-7)10-6-8(14)2-4-12(10)15-11;1-2-14-9(11)7-5-3-4-6-8(7)10(12)13;1-2-4-5-3-1;1-2(3)4;;;/h3-12H,2H2,1H3;3-12,23H,1-2H3;3-11H,1-2H3;1-6H;3-6,12-13H,2H2,1H3;1-4H2;1H3,(H,3,4);1H3;1H;/q;;;;;;;-1;;+2/p-1. The topological polar surface area (TPSA) is 212 Å². The van der Waals surface area contributed by atoms with Gasteiger partial charge in [0.25, 0.3) is 5.97 Å².